The molecule has 3 amide bonds. The van der Waals surface area contributed by atoms with E-state index in [-0.39, 0.29) is 0 Å². The van der Waals surface area contributed by atoms with E-state index in [9.17, 15) is 14.4 Å². The number of aromatic nitrogens is 1. The van der Waals surface area contributed by atoms with Crippen LogP contribution in [0.5, 0.6) is 0 Å². The number of benzene rings is 2. The summed E-state index contributed by atoms with van der Waals surface area (Å²) < 4.78 is 0. The molecule has 26 heavy (non-hydrogen) atoms. The number of pyridine rings is 1. The van der Waals surface area contributed by atoms with Crippen LogP contribution < -0.4 is 5.32 Å². The van der Waals surface area contributed by atoms with E-state index in [2.05, 4.69) is 10.3 Å². The maximum atomic E-state index is 12.6. The van der Waals surface area contributed by atoms with Gasteiger partial charge in [-0.1, -0.05) is 30.3 Å². The Kier molecular flexibility index (Phi) is 3.73. The number of nitrogens with one attached hydrogen (secondary N) is 1. The van der Waals surface area contributed by atoms with Crippen molar-refractivity contribution in [2.75, 3.05) is 5.32 Å². The number of rotatable bonds is 3. The molecule has 3 aromatic rings. The molecule has 0 saturated carbocycles. The van der Waals surface area contributed by atoms with Gasteiger partial charge in [0.15, 0.2) is 0 Å². The summed E-state index contributed by atoms with van der Waals surface area (Å²) in [5.41, 5.74) is 1.98. The molecule has 1 atom stereocenters. The second-order valence-electron chi connectivity index (χ2n) is 6.11. The molecular formula is C20H15N3O3. The van der Waals surface area contributed by atoms with Gasteiger partial charge in [0.1, 0.15) is 6.04 Å². The molecule has 0 spiro atoms. The molecule has 2 heterocycles. The van der Waals surface area contributed by atoms with E-state index in [0.717, 1.165) is 15.8 Å². The zero-order valence-corrected chi connectivity index (χ0v) is 14.0. The van der Waals surface area contributed by atoms with Gasteiger partial charge in [0.25, 0.3) is 11.8 Å². The third-order valence-electron chi connectivity index (χ3n) is 4.45. The number of carbonyl (C=O) groups is 3. The van der Waals surface area contributed by atoms with Gasteiger partial charge in [-0.25, -0.2) is 0 Å². The molecule has 6 nitrogen and oxygen atoms in total. The van der Waals surface area contributed by atoms with Crippen LogP contribution in [0.4, 0.5) is 5.69 Å². The largest absolute Gasteiger partial charge is 0.323 e. The Morgan fingerprint density at radius 1 is 1.00 bits per heavy atom. The van der Waals surface area contributed by atoms with Gasteiger partial charge < -0.3 is 5.32 Å². The molecule has 2 aromatic carbocycles. The Balaban J connectivity index is 1.56. The average Bonchev–Trinajstić information content (AvgIpc) is 2.92. The topological polar surface area (TPSA) is 79.4 Å². The second kappa shape index (κ2) is 6.07. The molecule has 4 rings (SSSR count). The number of anilines is 1. The molecular weight excluding hydrogens is 330 g/mol. The highest BCUT2D eigenvalue weighted by atomic mass is 16.2. The van der Waals surface area contributed by atoms with Crippen molar-refractivity contribution in [3.8, 4) is 0 Å². The normalized spacial score (nSPS) is 14.4. The van der Waals surface area contributed by atoms with E-state index in [1.165, 1.54) is 6.92 Å². The number of imide groups is 1. The fraction of sp³-hybridized carbons (Fsp3) is 0.100. The van der Waals surface area contributed by atoms with Crippen molar-refractivity contribution in [1.29, 1.82) is 0 Å². The Hall–Kier alpha value is -3.54. The van der Waals surface area contributed by atoms with Gasteiger partial charge >= 0.3 is 0 Å². The lowest BCUT2D eigenvalue weighted by molar-refractivity contribution is -0.119. The summed E-state index contributed by atoms with van der Waals surface area (Å²) in [4.78, 5) is 42.9. The molecule has 1 N–H and O–H groups in total. The smallest absolute Gasteiger partial charge is 0.262 e. The quantitative estimate of drug-likeness (QED) is 0.740. The number of hydrogen-bond acceptors (Lipinski definition) is 4. The van der Waals surface area contributed by atoms with Gasteiger partial charge in [0.05, 0.1) is 28.5 Å². The predicted octanol–water partition coefficient (Wildman–Crippen LogP) is 2.86. The Labute approximate surface area is 149 Å². The van der Waals surface area contributed by atoms with Gasteiger partial charge in [0.2, 0.25) is 5.91 Å². The highest BCUT2D eigenvalue weighted by molar-refractivity contribution is 6.23. The van der Waals surface area contributed by atoms with E-state index in [1.807, 2.05) is 24.3 Å². The van der Waals surface area contributed by atoms with Gasteiger partial charge in [-0.05, 0) is 31.2 Å². The second-order valence-corrected chi connectivity index (χ2v) is 6.11. The number of para-hydroxylation sites is 1. The van der Waals surface area contributed by atoms with Crippen molar-refractivity contribution >= 4 is 34.3 Å². The summed E-state index contributed by atoms with van der Waals surface area (Å²) in [6, 6.07) is 15.0. The molecule has 0 saturated heterocycles. The van der Waals surface area contributed by atoms with E-state index >= 15 is 0 Å². The van der Waals surface area contributed by atoms with Gasteiger partial charge in [-0.15, -0.1) is 0 Å². The Bertz CT molecular complexity index is 1030. The van der Waals surface area contributed by atoms with Crippen LogP contribution in [-0.4, -0.2) is 33.6 Å². The summed E-state index contributed by atoms with van der Waals surface area (Å²) in [7, 11) is 0. The first-order valence-electron chi connectivity index (χ1n) is 8.19. The average molecular weight is 345 g/mol. The van der Waals surface area contributed by atoms with E-state index in [0.29, 0.717) is 16.8 Å². The van der Waals surface area contributed by atoms with Gasteiger partial charge in [0, 0.05) is 5.39 Å². The molecule has 1 aliphatic heterocycles. The standard InChI is InChI=1S/C20H15N3O3/c1-12(23-19(25)15-7-3-4-8-16(15)20(23)26)18(24)22-14-10-13-6-2-5-9-17(13)21-11-14/h2-12H,1H3,(H,22,24)/t12-/m1/s1. The first-order chi connectivity index (χ1) is 12.6. The maximum Gasteiger partial charge on any atom is 0.262 e. The lowest BCUT2D eigenvalue weighted by atomic mass is 10.1. The fourth-order valence-electron chi connectivity index (χ4n) is 3.06. The molecule has 0 fully saturated rings. The lowest BCUT2D eigenvalue weighted by Crippen LogP contribution is -2.45. The Morgan fingerprint density at radius 3 is 2.31 bits per heavy atom. The van der Waals surface area contributed by atoms with Crippen molar-refractivity contribution in [2.45, 2.75) is 13.0 Å². The summed E-state index contributed by atoms with van der Waals surface area (Å²) in [6.45, 7) is 1.53. The highest BCUT2D eigenvalue weighted by Gasteiger charge is 2.40. The minimum atomic E-state index is -0.936. The van der Waals surface area contributed by atoms with Crippen LogP contribution in [0, 0.1) is 0 Å². The highest BCUT2D eigenvalue weighted by Crippen LogP contribution is 2.25. The SMILES string of the molecule is C[C@H](C(=O)Nc1cnc2ccccc2c1)N1C(=O)c2ccccc2C1=O. The third kappa shape index (κ3) is 2.52. The van der Waals surface area contributed by atoms with Crippen molar-refractivity contribution < 1.29 is 14.4 Å². The third-order valence-corrected chi connectivity index (χ3v) is 4.45. The maximum absolute atomic E-state index is 12.6. The summed E-state index contributed by atoms with van der Waals surface area (Å²) in [6.07, 6.45) is 1.55. The Morgan fingerprint density at radius 2 is 1.62 bits per heavy atom. The molecule has 1 aromatic heterocycles. The first kappa shape index (κ1) is 16.0. The number of fused-ring (bicyclic) bond motifs is 2. The van der Waals surface area contributed by atoms with Crippen LogP contribution >= 0.6 is 0 Å². The summed E-state index contributed by atoms with van der Waals surface area (Å²) in [5, 5.41) is 3.62. The molecule has 0 unspecified atom stereocenters. The van der Waals surface area contributed by atoms with Crippen molar-refractivity contribution in [3.05, 3.63) is 71.9 Å². The fourth-order valence-corrected chi connectivity index (χ4v) is 3.06. The minimum Gasteiger partial charge on any atom is -0.323 e. The number of carbonyl (C=O) groups excluding carboxylic acids is 3. The molecule has 0 aliphatic carbocycles. The molecule has 0 radical (unpaired) electrons. The molecule has 6 heteroatoms. The van der Waals surface area contributed by atoms with Crippen LogP contribution in [-0.2, 0) is 4.79 Å². The minimum absolute atomic E-state index is 0.324. The van der Waals surface area contributed by atoms with Gasteiger partial charge in [-0.2, -0.15) is 0 Å². The van der Waals surface area contributed by atoms with E-state index in [1.54, 1.807) is 36.5 Å². The van der Waals surface area contributed by atoms with Crippen LogP contribution in [0.25, 0.3) is 10.9 Å². The number of hydrogen-bond donors (Lipinski definition) is 1. The summed E-state index contributed by atoms with van der Waals surface area (Å²) in [5.74, 6) is -1.36. The number of nitrogens with zero attached hydrogens (tertiary/aromatic N) is 2. The number of amides is 3. The van der Waals surface area contributed by atoms with Crippen molar-refractivity contribution in [1.82, 2.24) is 9.88 Å². The molecule has 0 bridgehead atoms. The van der Waals surface area contributed by atoms with Crippen molar-refractivity contribution in [3.63, 3.8) is 0 Å². The summed E-state index contributed by atoms with van der Waals surface area (Å²) >= 11 is 0. The zero-order valence-electron chi connectivity index (χ0n) is 14.0. The first-order valence-corrected chi connectivity index (χ1v) is 8.19. The molecule has 128 valence electrons. The van der Waals surface area contributed by atoms with Crippen LogP contribution in [0.1, 0.15) is 27.6 Å². The monoisotopic (exact) mass is 345 g/mol. The predicted molar refractivity (Wildman–Crippen MR) is 96.8 cm³/mol. The van der Waals surface area contributed by atoms with Crippen LogP contribution in [0.15, 0.2) is 60.8 Å². The molecule has 1 aliphatic rings. The van der Waals surface area contributed by atoms with E-state index in [4.69, 9.17) is 0 Å². The zero-order chi connectivity index (χ0) is 18.3. The van der Waals surface area contributed by atoms with Gasteiger partial charge in [-0.3, -0.25) is 24.3 Å². The van der Waals surface area contributed by atoms with Crippen LogP contribution in [0.2, 0.25) is 0 Å². The van der Waals surface area contributed by atoms with Crippen molar-refractivity contribution in [2.24, 2.45) is 0 Å². The lowest BCUT2D eigenvalue weighted by Gasteiger charge is -2.21. The van der Waals surface area contributed by atoms with Crippen LogP contribution in [0.3, 0.4) is 0 Å². The van der Waals surface area contributed by atoms with E-state index < -0.39 is 23.8 Å².